The second-order valence-electron chi connectivity index (χ2n) is 9.00. The average molecular weight is 360 g/mol. The van der Waals surface area contributed by atoms with E-state index in [1.807, 2.05) is 30.3 Å². The fourth-order valence-electron chi connectivity index (χ4n) is 6.44. The highest BCUT2D eigenvalue weighted by Crippen LogP contribution is 2.61. The summed E-state index contributed by atoms with van der Waals surface area (Å²) in [5, 5.41) is 0. The van der Waals surface area contributed by atoms with E-state index in [1.165, 1.54) is 32.1 Å². The smallest absolute Gasteiger partial charge is 0.338 e. The van der Waals surface area contributed by atoms with Gasteiger partial charge in [-0.1, -0.05) is 49.4 Å². The van der Waals surface area contributed by atoms with E-state index in [0.717, 1.165) is 12.3 Å². The summed E-state index contributed by atoms with van der Waals surface area (Å²) in [7, 11) is 0. The second-order valence-corrected chi connectivity index (χ2v) is 9.00. The van der Waals surface area contributed by atoms with E-state index >= 15 is 0 Å². The highest BCUT2D eigenvalue weighted by Gasteiger charge is 2.56. The summed E-state index contributed by atoms with van der Waals surface area (Å²) in [4.78, 5) is 12.6. The van der Waals surface area contributed by atoms with Gasteiger partial charge >= 0.3 is 5.97 Å². The van der Waals surface area contributed by atoms with Crippen molar-refractivity contribution in [2.24, 2.45) is 17.3 Å². The topological polar surface area (TPSA) is 26.3 Å². The molecule has 3 aliphatic rings. The van der Waals surface area contributed by atoms with E-state index in [1.54, 1.807) is 11.1 Å². The molecule has 2 nitrogen and oxygen atoms in total. The molecule has 2 saturated carbocycles. The maximum absolute atomic E-state index is 12.6. The summed E-state index contributed by atoms with van der Waals surface area (Å²) in [6.07, 6.45) is 7.18. The Kier molecular flexibility index (Phi) is 4.11. The molecule has 0 saturated heterocycles. The number of hydrogen-bond donors (Lipinski definition) is 0. The van der Waals surface area contributed by atoms with Crippen molar-refractivity contribution in [2.75, 3.05) is 0 Å². The number of carbonyl (C=O) groups excluding carboxylic acids is 1. The first-order chi connectivity index (χ1) is 13.2. The van der Waals surface area contributed by atoms with E-state index in [-0.39, 0.29) is 17.5 Å². The zero-order valence-corrected chi connectivity index (χ0v) is 16.1. The molecule has 0 N–H and O–H groups in total. The van der Waals surface area contributed by atoms with Crippen LogP contribution in [0.5, 0.6) is 0 Å². The van der Waals surface area contributed by atoms with Gasteiger partial charge in [0.05, 0.1) is 5.56 Å². The molecule has 2 fully saturated rings. The van der Waals surface area contributed by atoms with E-state index in [4.69, 9.17) is 4.74 Å². The van der Waals surface area contributed by atoms with E-state index < -0.39 is 0 Å². The molecule has 2 aromatic carbocycles. The predicted molar refractivity (Wildman–Crippen MR) is 107 cm³/mol. The van der Waals surface area contributed by atoms with Crippen LogP contribution in [0.25, 0.3) is 0 Å². The van der Waals surface area contributed by atoms with Gasteiger partial charge in [0, 0.05) is 5.41 Å². The Balaban J connectivity index is 1.37. The first-order valence-electron chi connectivity index (χ1n) is 10.5. The van der Waals surface area contributed by atoms with Crippen LogP contribution >= 0.6 is 0 Å². The molecule has 5 rings (SSSR count). The minimum atomic E-state index is -0.154. The third kappa shape index (κ3) is 2.72. The number of fused-ring (bicyclic) bond motifs is 5. The molecule has 0 aromatic heterocycles. The van der Waals surface area contributed by atoms with Crippen LogP contribution in [0, 0.1) is 17.3 Å². The van der Waals surface area contributed by atoms with Crippen LogP contribution in [0.4, 0.5) is 0 Å². The molecule has 5 atom stereocenters. The standard InChI is InChI=1S/C25H28O2/c1-25-16-15-20-19-10-6-5-7-17(19)11-12-21(20)22(25)13-14-23(25)27-24(26)18-8-3-2-4-9-18/h2-10,20-23H,11-16H2,1H3/t20-,21-,22+,23+,25+/m1/s1. The normalized spacial score (nSPS) is 34.3. The highest BCUT2D eigenvalue weighted by atomic mass is 16.5. The first kappa shape index (κ1) is 17.0. The molecule has 3 aliphatic carbocycles. The van der Waals surface area contributed by atoms with Crippen molar-refractivity contribution in [3.63, 3.8) is 0 Å². The highest BCUT2D eigenvalue weighted by molar-refractivity contribution is 5.89. The molecule has 0 heterocycles. The lowest BCUT2D eigenvalue weighted by molar-refractivity contribution is -0.0427. The van der Waals surface area contributed by atoms with Crippen molar-refractivity contribution in [1.82, 2.24) is 0 Å². The minimum Gasteiger partial charge on any atom is -0.458 e. The van der Waals surface area contributed by atoms with Crippen molar-refractivity contribution in [3.8, 4) is 0 Å². The Morgan fingerprint density at radius 2 is 1.74 bits per heavy atom. The molecule has 0 aliphatic heterocycles. The van der Waals surface area contributed by atoms with Crippen LogP contribution in [-0.2, 0) is 11.2 Å². The van der Waals surface area contributed by atoms with Gasteiger partial charge in [-0.2, -0.15) is 0 Å². The van der Waals surface area contributed by atoms with Gasteiger partial charge in [-0.3, -0.25) is 0 Å². The fourth-order valence-corrected chi connectivity index (χ4v) is 6.44. The SMILES string of the molecule is C[C@]12CC[C@@H]3c4ccccc4CC[C@H]3[C@@H]1CC[C@@H]2OC(=O)c1ccccc1. The summed E-state index contributed by atoms with van der Waals surface area (Å²) in [6.45, 7) is 2.39. The molecule has 0 bridgehead atoms. The van der Waals surface area contributed by atoms with E-state index in [0.29, 0.717) is 17.4 Å². The Labute approximate surface area is 161 Å². The third-order valence-electron chi connectivity index (χ3n) is 7.81. The van der Waals surface area contributed by atoms with Crippen molar-refractivity contribution in [2.45, 2.75) is 57.5 Å². The molecule has 2 aromatic rings. The Hall–Kier alpha value is -2.09. The van der Waals surface area contributed by atoms with Gasteiger partial charge in [0.1, 0.15) is 6.10 Å². The average Bonchev–Trinajstić information content (AvgIpc) is 3.05. The molecule has 2 heteroatoms. The number of ether oxygens (including phenoxy) is 1. The van der Waals surface area contributed by atoms with Gasteiger partial charge in [-0.05, 0) is 79.5 Å². The Bertz CT molecular complexity index is 842. The van der Waals surface area contributed by atoms with Gasteiger partial charge in [-0.25, -0.2) is 4.79 Å². The number of hydrogen-bond acceptors (Lipinski definition) is 2. The lowest BCUT2D eigenvalue weighted by atomic mass is 9.55. The molecule has 0 radical (unpaired) electrons. The number of aryl methyl sites for hydroxylation is 1. The molecular formula is C25H28O2. The quantitative estimate of drug-likeness (QED) is 0.636. The third-order valence-corrected chi connectivity index (χ3v) is 7.81. The summed E-state index contributed by atoms with van der Waals surface area (Å²) in [6, 6.07) is 18.5. The van der Waals surface area contributed by atoms with Gasteiger partial charge in [0.2, 0.25) is 0 Å². The van der Waals surface area contributed by atoms with Gasteiger partial charge < -0.3 is 4.74 Å². The molecule has 0 spiro atoms. The largest absolute Gasteiger partial charge is 0.458 e. The van der Waals surface area contributed by atoms with Crippen molar-refractivity contribution < 1.29 is 9.53 Å². The van der Waals surface area contributed by atoms with Crippen LogP contribution in [0.15, 0.2) is 54.6 Å². The van der Waals surface area contributed by atoms with Crippen LogP contribution in [0.2, 0.25) is 0 Å². The maximum atomic E-state index is 12.6. The van der Waals surface area contributed by atoms with Crippen LogP contribution in [0.1, 0.15) is 66.4 Å². The lowest BCUT2D eigenvalue weighted by Gasteiger charge is -2.50. The summed E-state index contributed by atoms with van der Waals surface area (Å²) in [5.74, 6) is 1.98. The van der Waals surface area contributed by atoms with E-state index in [9.17, 15) is 4.79 Å². The van der Waals surface area contributed by atoms with Crippen LogP contribution in [0.3, 0.4) is 0 Å². The number of benzene rings is 2. The van der Waals surface area contributed by atoms with Gasteiger partial charge in [-0.15, -0.1) is 0 Å². The van der Waals surface area contributed by atoms with Crippen LogP contribution < -0.4 is 0 Å². The Morgan fingerprint density at radius 1 is 0.963 bits per heavy atom. The van der Waals surface area contributed by atoms with Crippen molar-refractivity contribution in [1.29, 1.82) is 0 Å². The van der Waals surface area contributed by atoms with Gasteiger partial charge in [0.25, 0.3) is 0 Å². The summed E-state index contributed by atoms with van der Waals surface area (Å²) >= 11 is 0. The van der Waals surface area contributed by atoms with Gasteiger partial charge in [0.15, 0.2) is 0 Å². The second kappa shape index (κ2) is 6.51. The molecule has 0 unspecified atom stereocenters. The maximum Gasteiger partial charge on any atom is 0.338 e. The van der Waals surface area contributed by atoms with Crippen molar-refractivity contribution >= 4 is 5.97 Å². The zero-order chi connectivity index (χ0) is 18.4. The summed E-state index contributed by atoms with van der Waals surface area (Å²) in [5.41, 5.74) is 3.97. The number of carbonyl (C=O) groups is 1. The minimum absolute atomic E-state index is 0.0633. The number of esters is 1. The molecule has 0 amide bonds. The molecule has 140 valence electrons. The zero-order valence-electron chi connectivity index (χ0n) is 16.1. The monoisotopic (exact) mass is 360 g/mol. The first-order valence-corrected chi connectivity index (χ1v) is 10.5. The van der Waals surface area contributed by atoms with Crippen LogP contribution in [-0.4, -0.2) is 12.1 Å². The fraction of sp³-hybridized carbons (Fsp3) is 0.480. The number of rotatable bonds is 2. The summed E-state index contributed by atoms with van der Waals surface area (Å²) < 4.78 is 6.08. The lowest BCUT2D eigenvalue weighted by Crippen LogP contribution is -2.45. The molecular weight excluding hydrogens is 332 g/mol. The Morgan fingerprint density at radius 3 is 2.59 bits per heavy atom. The van der Waals surface area contributed by atoms with E-state index in [2.05, 4.69) is 31.2 Å². The predicted octanol–water partition coefficient (Wildman–Crippen LogP) is 5.77. The molecule has 27 heavy (non-hydrogen) atoms. The van der Waals surface area contributed by atoms with Crippen molar-refractivity contribution in [3.05, 3.63) is 71.3 Å².